The average Bonchev–Trinajstić information content (AvgIpc) is 2.72. The number of anilines is 1. The summed E-state index contributed by atoms with van der Waals surface area (Å²) in [6.45, 7) is 4.35. The zero-order chi connectivity index (χ0) is 18.2. The number of nitrogens with zero attached hydrogens (tertiary/aromatic N) is 3. The summed E-state index contributed by atoms with van der Waals surface area (Å²) in [6, 6.07) is 5.40. The molecule has 0 saturated carbocycles. The third kappa shape index (κ3) is 4.66. The molecule has 8 nitrogen and oxygen atoms in total. The number of benzene rings is 1. The number of rotatable bonds is 8. The Bertz CT molecular complexity index is 685. The monoisotopic (exact) mass is 360 g/mol. The number of ether oxygens (including phenoxy) is 4. The Morgan fingerprint density at radius 1 is 0.885 bits per heavy atom. The molecular weight excluding hydrogens is 336 g/mol. The van der Waals surface area contributed by atoms with Gasteiger partial charge in [0, 0.05) is 56.8 Å². The van der Waals surface area contributed by atoms with Gasteiger partial charge in [-0.05, 0) is 0 Å². The molecule has 2 aromatic rings. The maximum Gasteiger partial charge on any atom is 0.257 e. The van der Waals surface area contributed by atoms with Gasteiger partial charge in [0.2, 0.25) is 0 Å². The van der Waals surface area contributed by atoms with E-state index < -0.39 is 0 Å². The number of nitrogens with one attached hydrogen (secondary N) is 1. The molecule has 0 radical (unpaired) electrons. The normalized spacial score (nSPS) is 14.0. The molecule has 1 aliphatic rings. The zero-order valence-electron chi connectivity index (χ0n) is 15.1. The highest BCUT2D eigenvalue weighted by atomic mass is 16.5. The van der Waals surface area contributed by atoms with E-state index in [1.807, 2.05) is 0 Å². The molecule has 1 aliphatic heterocycles. The minimum absolute atomic E-state index is 0.358. The van der Waals surface area contributed by atoms with E-state index in [0.717, 1.165) is 32.0 Å². The molecule has 1 fully saturated rings. The smallest absolute Gasteiger partial charge is 0.257 e. The first-order valence-electron chi connectivity index (χ1n) is 8.55. The number of piperazine rings is 1. The van der Waals surface area contributed by atoms with E-state index in [0.29, 0.717) is 36.3 Å². The second kappa shape index (κ2) is 9.10. The highest BCUT2D eigenvalue weighted by molar-refractivity contribution is 5.48. The lowest BCUT2D eigenvalue weighted by molar-refractivity contribution is 0.210. The highest BCUT2D eigenvalue weighted by Crippen LogP contribution is 2.27. The predicted molar refractivity (Wildman–Crippen MR) is 97.7 cm³/mol. The van der Waals surface area contributed by atoms with Gasteiger partial charge in [0.15, 0.2) is 5.82 Å². The minimum Gasteiger partial charge on any atom is -0.496 e. The molecule has 1 aromatic heterocycles. The fraction of sp³-hybridized carbons (Fsp3) is 0.444. The standard InChI is InChI=1S/C18H24N4O4/c1-23-14-11-15(24-2)13-16(12-14)25-9-10-26-18-17(20-3-4-21-18)22-7-5-19-6-8-22/h3-4,11-13,19H,5-10H2,1-2H3. The summed E-state index contributed by atoms with van der Waals surface area (Å²) in [5.41, 5.74) is 0. The Morgan fingerprint density at radius 2 is 1.50 bits per heavy atom. The molecule has 26 heavy (non-hydrogen) atoms. The maximum absolute atomic E-state index is 5.80. The van der Waals surface area contributed by atoms with Crippen LogP contribution in [0.1, 0.15) is 0 Å². The van der Waals surface area contributed by atoms with Crippen LogP contribution >= 0.6 is 0 Å². The van der Waals surface area contributed by atoms with Crippen LogP contribution in [-0.2, 0) is 0 Å². The topological polar surface area (TPSA) is 78.0 Å². The largest absolute Gasteiger partial charge is 0.496 e. The van der Waals surface area contributed by atoms with Crippen molar-refractivity contribution in [3.63, 3.8) is 0 Å². The second-order valence-electron chi connectivity index (χ2n) is 5.67. The number of hydrogen-bond donors (Lipinski definition) is 1. The van der Waals surface area contributed by atoms with Crippen LogP contribution in [0.15, 0.2) is 30.6 Å². The quantitative estimate of drug-likeness (QED) is 0.707. The summed E-state index contributed by atoms with van der Waals surface area (Å²) in [5, 5.41) is 3.32. The molecule has 8 heteroatoms. The molecule has 1 saturated heterocycles. The summed E-state index contributed by atoms with van der Waals surface area (Å²) in [6.07, 6.45) is 3.32. The summed E-state index contributed by atoms with van der Waals surface area (Å²) in [4.78, 5) is 10.9. The lowest BCUT2D eigenvalue weighted by Crippen LogP contribution is -2.44. The van der Waals surface area contributed by atoms with Gasteiger partial charge in [-0.2, -0.15) is 0 Å². The maximum atomic E-state index is 5.80. The molecule has 3 rings (SSSR count). The van der Waals surface area contributed by atoms with Gasteiger partial charge in [-0.25, -0.2) is 9.97 Å². The minimum atomic E-state index is 0.358. The van der Waals surface area contributed by atoms with Gasteiger partial charge in [0.05, 0.1) is 14.2 Å². The third-order valence-electron chi connectivity index (χ3n) is 3.98. The Hall–Kier alpha value is -2.74. The fourth-order valence-electron chi connectivity index (χ4n) is 2.68. The van der Waals surface area contributed by atoms with Crippen molar-refractivity contribution in [3.8, 4) is 23.1 Å². The predicted octanol–water partition coefficient (Wildman–Crippen LogP) is 1.36. The molecule has 0 atom stereocenters. The van der Waals surface area contributed by atoms with Crippen LogP contribution in [0.5, 0.6) is 23.1 Å². The number of methoxy groups -OCH3 is 2. The van der Waals surface area contributed by atoms with Crippen LogP contribution in [0.4, 0.5) is 5.82 Å². The summed E-state index contributed by atoms with van der Waals surface area (Å²) in [5.74, 6) is 3.31. The Morgan fingerprint density at radius 3 is 2.19 bits per heavy atom. The lowest BCUT2D eigenvalue weighted by Gasteiger charge is -2.28. The first-order valence-corrected chi connectivity index (χ1v) is 8.55. The first-order chi connectivity index (χ1) is 12.8. The summed E-state index contributed by atoms with van der Waals surface area (Å²) >= 11 is 0. The SMILES string of the molecule is COc1cc(OC)cc(OCCOc2nccnc2N2CCNCC2)c1. The number of hydrogen-bond acceptors (Lipinski definition) is 8. The Balaban J connectivity index is 1.55. The third-order valence-corrected chi connectivity index (χ3v) is 3.98. The Labute approximate surface area is 153 Å². The molecule has 0 spiro atoms. The number of aromatic nitrogens is 2. The molecule has 0 bridgehead atoms. The van der Waals surface area contributed by atoms with Crippen molar-refractivity contribution in [2.45, 2.75) is 0 Å². The van der Waals surface area contributed by atoms with Gasteiger partial charge >= 0.3 is 0 Å². The van der Waals surface area contributed by atoms with Crippen LogP contribution in [0.3, 0.4) is 0 Å². The van der Waals surface area contributed by atoms with Crippen LogP contribution in [0.25, 0.3) is 0 Å². The van der Waals surface area contributed by atoms with Crippen molar-refractivity contribution in [2.75, 3.05) is 58.5 Å². The summed E-state index contributed by atoms with van der Waals surface area (Å²) < 4.78 is 22.0. The fourth-order valence-corrected chi connectivity index (χ4v) is 2.68. The lowest BCUT2D eigenvalue weighted by atomic mass is 10.3. The van der Waals surface area contributed by atoms with Crippen molar-refractivity contribution < 1.29 is 18.9 Å². The highest BCUT2D eigenvalue weighted by Gasteiger charge is 2.17. The Kier molecular flexibility index (Phi) is 6.32. The molecule has 0 unspecified atom stereocenters. The van der Waals surface area contributed by atoms with E-state index in [4.69, 9.17) is 18.9 Å². The van der Waals surface area contributed by atoms with Crippen molar-refractivity contribution in [1.82, 2.24) is 15.3 Å². The first kappa shape index (κ1) is 18.1. The van der Waals surface area contributed by atoms with Crippen LogP contribution < -0.4 is 29.2 Å². The van der Waals surface area contributed by atoms with Gasteiger partial charge in [-0.1, -0.05) is 0 Å². The van der Waals surface area contributed by atoms with Crippen molar-refractivity contribution in [1.29, 1.82) is 0 Å². The van der Waals surface area contributed by atoms with Crippen molar-refractivity contribution in [2.24, 2.45) is 0 Å². The van der Waals surface area contributed by atoms with Gasteiger partial charge < -0.3 is 29.2 Å². The van der Waals surface area contributed by atoms with Gasteiger partial charge in [0.25, 0.3) is 5.88 Å². The van der Waals surface area contributed by atoms with Crippen molar-refractivity contribution >= 4 is 5.82 Å². The average molecular weight is 360 g/mol. The van der Waals surface area contributed by atoms with Gasteiger partial charge in [-0.3, -0.25) is 0 Å². The van der Waals surface area contributed by atoms with E-state index in [1.165, 1.54) is 0 Å². The molecule has 1 aromatic carbocycles. The van der Waals surface area contributed by atoms with Gasteiger partial charge in [-0.15, -0.1) is 0 Å². The van der Waals surface area contributed by atoms with E-state index in [1.54, 1.807) is 44.8 Å². The van der Waals surface area contributed by atoms with E-state index in [2.05, 4.69) is 20.2 Å². The van der Waals surface area contributed by atoms with E-state index in [-0.39, 0.29) is 0 Å². The molecule has 0 amide bonds. The molecule has 0 aliphatic carbocycles. The van der Waals surface area contributed by atoms with E-state index >= 15 is 0 Å². The van der Waals surface area contributed by atoms with Crippen LogP contribution in [0.2, 0.25) is 0 Å². The molecule has 1 N–H and O–H groups in total. The molecular formula is C18H24N4O4. The summed E-state index contributed by atoms with van der Waals surface area (Å²) in [7, 11) is 3.21. The second-order valence-corrected chi connectivity index (χ2v) is 5.67. The molecule has 140 valence electrons. The van der Waals surface area contributed by atoms with Crippen molar-refractivity contribution in [3.05, 3.63) is 30.6 Å². The van der Waals surface area contributed by atoms with Gasteiger partial charge in [0.1, 0.15) is 30.5 Å². The van der Waals surface area contributed by atoms with Crippen LogP contribution in [-0.4, -0.2) is 63.6 Å². The zero-order valence-corrected chi connectivity index (χ0v) is 15.1. The molecule has 2 heterocycles. The van der Waals surface area contributed by atoms with Crippen LogP contribution in [0, 0.1) is 0 Å². The van der Waals surface area contributed by atoms with E-state index in [9.17, 15) is 0 Å².